The van der Waals surface area contributed by atoms with Crippen molar-refractivity contribution < 1.29 is 28.5 Å². The van der Waals surface area contributed by atoms with Gasteiger partial charge in [-0.05, 0) is 87.5 Å². The van der Waals surface area contributed by atoms with E-state index in [9.17, 15) is 9.59 Å². The standard InChI is InChI=1S/C34H40O6/c1-16(2)23-11-10-17(3)26-24(23)14-19(5)29-32(26)40-34-13-12-18(4)27-28(34)25(15-33(34,9)39-29)20(6)30(37-21(7)35)31(27)38-22(8)36/h14,17-18,23H,1,10-13,15H2,2-9H3/t17-,18-,23-,33-,34+/m0/s1. The minimum absolute atomic E-state index is 0.0779. The molecule has 2 aromatic carbocycles. The lowest BCUT2D eigenvalue weighted by molar-refractivity contribution is -0.137. The SMILES string of the molecule is C=C(C)[C@@H]1CC[C@H](C)c2c1cc(C)c1c2O[C@]23CC[C@H](C)c4c(OC(C)=O)c(OC(C)=O)c(C)c(c42)C[C@]3(C)O1. The van der Waals surface area contributed by atoms with E-state index in [4.69, 9.17) is 18.9 Å². The zero-order chi connectivity index (χ0) is 28.9. The average molecular weight is 545 g/mol. The number of hydrogen-bond acceptors (Lipinski definition) is 6. The fourth-order valence-corrected chi connectivity index (χ4v) is 8.05. The molecule has 0 amide bonds. The molecule has 1 aliphatic heterocycles. The molecule has 0 saturated heterocycles. The van der Waals surface area contributed by atoms with E-state index in [1.54, 1.807) is 0 Å². The van der Waals surface area contributed by atoms with E-state index in [-0.39, 0.29) is 5.92 Å². The molecule has 40 heavy (non-hydrogen) atoms. The topological polar surface area (TPSA) is 71.1 Å². The number of benzene rings is 2. The predicted molar refractivity (Wildman–Crippen MR) is 153 cm³/mol. The van der Waals surface area contributed by atoms with Crippen LogP contribution in [0.2, 0.25) is 0 Å². The van der Waals surface area contributed by atoms with Crippen LogP contribution in [-0.4, -0.2) is 17.5 Å². The number of hydrogen-bond donors (Lipinski definition) is 0. The van der Waals surface area contributed by atoms with Crippen molar-refractivity contribution in [3.8, 4) is 23.0 Å². The van der Waals surface area contributed by atoms with Crippen LogP contribution in [0, 0.1) is 13.8 Å². The Morgan fingerprint density at radius 2 is 1.57 bits per heavy atom. The van der Waals surface area contributed by atoms with Gasteiger partial charge < -0.3 is 18.9 Å². The quantitative estimate of drug-likeness (QED) is 0.225. The van der Waals surface area contributed by atoms with Crippen LogP contribution in [0.25, 0.3) is 0 Å². The Morgan fingerprint density at radius 3 is 2.23 bits per heavy atom. The molecule has 0 N–H and O–H groups in total. The summed E-state index contributed by atoms with van der Waals surface area (Å²) >= 11 is 0. The third-order valence-corrected chi connectivity index (χ3v) is 9.95. The van der Waals surface area contributed by atoms with Gasteiger partial charge in [0.15, 0.2) is 34.2 Å². The highest BCUT2D eigenvalue weighted by molar-refractivity contribution is 5.78. The predicted octanol–water partition coefficient (Wildman–Crippen LogP) is 7.59. The molecule has 0 saturated carbocycles. The Kier molecular flexibility index (Phi) is 5.96. The second-order valence-corrected chi connectivity index (χ2v) is 12.8. The van der Waals surface area contributed by atoms with Crippen LogP contribution in [0.1, 0.15) is 124 Å². The number of carbonyl (C=O) groups excluding carboxylic acids is 2. The zero-order valence-corrected chi connectivity index (χ0v) is 25.0. The van der Waals surface area contributed by atoms with Crippen molar-refractivity contribution in [1.29, 1.82) is 0 Å². The Labute approximate surface area is 237 Å². The summed E-state index contributed by atoms with van der Waals surface area (Å²) in [7, 11) is 0. The van der Waals surface area contributed by atoms with E-state index in [0.29, 0.717) is 29.8 Å². The van der Waals surface area contributed by atoms with E-state index in [1.165, 1.54) is 30.5 Å². The molecule has 2 aromatic rings. The maximum Gasteiger partial charge on any atom is 0.308 e. The van der Waals surface area contributed by atoms with Crippen molar-refractivity contribution in [3.63, 3.8) is 0 Å². The fourth-order valence-electron chi connectivity index (χ4n) is 8.05. The second-order valence-electron chi connectivity index (χ2n) is 12.8. The first-order valence-corrected chi connectivity index (χ1v) is 14.6. The van der Waals surface area contributed by atoms with Crippen LogP contribution >= 0.6 is 0 Å². The van der Waals surface area contributed by atoms with Gasteiger partial charge in [0, 0.05) is 42.9 Å². The van der Waals surface area contributed by atoms with Crippen molar-refractivity contribution in [2.24, 2.45) is 0 Å². The van der Waals surface area contributed by atoms with Crippen molar-refractivity contribution in [3.05, 3.63) is 57.2 Å². The summed E-state index contributed by atoms with van der Waals surface area (Å²) < 4.78 is 26.1. The van der Waals surface area contributed by atoms with Crippen LogP contribution in [0.15, 0.2) is 18.2 Å². The van der Waals surface area contributed by atoms with Crippen LogP contribution in [-0.2, 0) is 21.6 Å². The summed E-state index contributed by atoms with van der Waals surface area (Å²) in [5.41, 5.74) is 7.12. The summed E-state index contributed by atoms with van der Waals surface area (Å²) in [5.74, 6) is 2.15. The first kappa shape index (κ1) is 26.9. The van der Waals surface area contributed by atoms with Gasteiger partial charge in [0.1, 0.15) is 0 Å². The number of carbonyl (C=O) groups is 2. The van der Waals surface area contributed by atoms with E-state index in [2.05, 4.69) is 47.3 Å². The van der Waals surface area contributed by atoms with Gasteiger partial charge >= 0.3 is 11.9 Å². The van der Waals surface area contributed by atoms with Gasteiger partial charge in [0.05, 0.1) is 0 Å². The monoisotopic (exact) mass is 544 g/mol. The Hall–Kier alpha value is -3.28. The van der Waals surface area contributed by atoms with Crippen LogP contribution in [0.4, 0.5) is 0 Å². The first-order chi connectivity index (χ1) is 18.8. The lowest BCUT2D eigenvalue weighted by atomic mass is 9.69. The number of fused-ring (bicyclic) bond motifs is 3. The van der Waals surface area contributed by atoms with Crippen molar-refractivity contribution in [2.75, 3.05) is 0 Å². The molecule has 4 aliphatic rings. The molecule has 3 aliphatic carbocycles. The highest BCUT2D eigenvalue weighted by Gasteiger charge is 2.66. The molecule has 0 fully saturated rings. The van der Waals surface area contributed by atoms with Gasteiger partial charge in [0.25, 0.3) is 0 Å². The maximum absolute atomic E-state index is 12.3. The molecule has 0 radical (unpaired) electrons. The number of allylic oxidation sites excluding steroid dienone is 1. The molecule has 1 spiro atoms. The number of rotatable bonds is 3. The highest BCUT2D eigenvalue weighted by Crippen LogP contribution is 2.66. The third-order valence-electron chi connectivity index (χ3n) is 9.95. The van der Waals surface area contributed by atoms with Gasteiger partial charge in [-0.3, -0.25) is 9.59 Å². The van der Waals surface area contributed by atoms with Gasteiger partial charge in [-0.15, -0.1) is 0 Å². The maximum atomic E-state index is 12.3. The largest absolute Gasteiger partial charge is 0.478 e. The van der Waals surface area contributed by atoms with Crippen molar-refractivity contribution in [2.45, 2.75) is 116 Å². The molecule has 212 valence electrons. The van der Waals surface area contributed by atoms with Gasteiger partial charge in [-0.25, -0.2) is 0 Å². The van der Waals surface area contributed by atoms with Crippen LogP contribution in [0.5, 0.6) is 23.0 Å². The molecule has 6 rings (SSSR count). The van der Waals surface area contributed by atoms with E-state index < -0.39 is 23.1 Å². The Bertz CT molecular complexity index is 1500. The molecule has 5 atom stereocenters. The minimum atomic E-state index is -0.761. The van der Waals surface area contributed by atoms with Gasteiger partial charge in [-0.2, -0.15) is 0 Å². The van der Waals surface area contributed by atoms with Crippen molar-refractivity contribution >= 4 is 11.9 Å². The molecule has 0 bridgehead atoms. The zero-order valence-electron chi connectivity index (χ0n) is 25.0. The number of ether oxygens (including phenoxy) is 4. The van der Waals surface area contributed by atoms with Crippen molar-refractivity contribution in [1.82, 2.24) is 0 Å². The highest BCUT2D eigenvalue weighted by atomic mass is 16.6. The van der Waals surface area contributed by atoms with E-state index in [1.807, 2.05) is 6.92 Å². The summed E-state index contributed by atoms with van der Waals surface area (Å²) in [6, 6.07) is 2.28. The first-order valence-electron chi connectivity index (χ1n) is 14.6. The van der Waals surface area contributed by atoms with Crippen LogP contribution in [0.3, 0.4) is 0 Å². The number of esters is 2. The lowest BCUT2D eigenvalue weighted by Crippen LogP contribution is -2.58. The molecule has 6 nitrogen and oxygen atoms in total. The number of aryl methyl sites for hydroxylation is 1. The molecule has 0 unspecified atom stereocenters. The molecular formula is C34H40O6. The normalized spacial score (nSPS) is 29.1. The molecule has 0 aromatic heterocycles. The average Bonchev–Trinajstić information content (AvgIpc) is 3.13. The molecule has 1 heterocycles. The summed E-state index contributed by atoms with van der Waals surface area (Å²) in [5, 5.41) is 0. The van der Waals surface area contributed by atoms with Gasteiger partial charge in [0.2, 0.25) is 0 Å². The fraction of sp³-hybridized carbons (Fsp3) is 0.529. The molecular weight excluding hydrogens is 504 g/mol. The summed E-state index contributed by atoms with van der Waals surface area (Å²) in [6.45, 7) is 19.8. The Balaban J connectivity index is 1.64. The van der Waals surface area contributed by atoms with E-state index >= 15 is 0 Å². The third kappa shape index (κ3) is 3.53. The van der Waals surface area contributed by atoms with Gasteiger partial charge in [-0.1, -0.05) is 32.1 Å². The van der Waals surface area contributed by atoms with Crippen LogP contribution < -0.4 is 18.9 Å². The lowest BCUT2D eigenvalue weighted by Gasteiger charge is -2.52. The second kappa shape index (κ2) is 8.86. The summed E-state index contributed by atoms with van der Waals surface area (Å²) in [6.07, 6.45) is 4.34. The summed E-state index contributed by atoms with van der Waals surface area (Å²) in [4.78, 5) is 24.5. The molecule has 6 heteroatoms. The minimum Gasteiger partial charge on any atom is -0.478 e. The smallest absolute Gasteiger partial charge is 0.308 e. The Morgan fingerprint density at radius 1 is 0.925 bits per heavy atom. The van der Waals surface area contributed by atoms with E-state index in [0.717, 1.165) is 65.0 Å².